The summed E-state index contributed by atoms with van der Waals surface area (Å²) in [4.78, 5) is 18.4. The van der Waals surface area contributed by atoms with Gasteiger partial charge in [0.15, 0.2) is 10.8 Å². The number of thiophene rings is 1. The number of carbonyl (C=O) groups excluding carboxylic acids is 1. The van der Waals surface area contributed by atoms with Gasteiger partial charge in [-0.2, -0.15) is 0 Å². The smallest absolute Gasteiger partial charge is 0.261 e. The first-order chi connectivity index (χ1) is 14.7. The van der Waals surface area contributed by atoms with Crippen LogP contribution < -0.4 is 15.0 Å². The Kier molecular flexibility index (Phi) is 5.67. The van der Waals surface area contributed by atoms with E-state index < -0.39 is 0 Å². The molecule has 0 aliphatic carbocycles. The van der Waals surface area contributed by atoms with Crippen LogP contribution in [0.2, 0.25) is 0 Å². The Hall–Kier alpha value is -2.09. The van der Waals surface area contributed by atoms with E-state index in [9.17, 15) is 4.79 Å². The summed E-state index contributed by atoms with van der Waals surface area (Å²) in [6.45, 7) is 7.75. The summed E-state index contributed by atoms with van der Waals surface area (Å²) in [5.74, 6) is 1.44. The zero-order valence-corrected chi connectivity index (χ0v) is 18.2. The van der Waals surface area contributed by atoms with Crippen LogP contribution in [0.25, 0.3) is 0 Å². The number of carbonyl (C=O) groups is 1. The van der Waals surface area contributed by atoms with Crippen molar-refractivity contribution in [3.63, 3.8) is 0 Å². The lowest BCUT2D eigenvalue weighted by atomic mass is 9.79. The van der Waals surface area contributed by atoms with E-state index in [1.165, 1.54) is 24.2 Å². The molecule has 0 unspecified atom stereocenters. The number of morpholine rings is 1. The summed E-state index contributed by atoms with van der Waals surface area (Å²) in [6.07, 6.45) is 2.37. The molecule has 30 heavy (non-hydrogen) atoms. The number of hydrogen-bond donors (Lipinski definition) is 1. The Bertz CT molecular complexity index is 885. The minimum absolute atomic E-state index is 0.0157. The molecule has 6 rings (SSSR count). The number of para-hydroxylation sites is 2. The number of ether oxygens (including phenoxy) is 2. The molecule has 1 aromatic carbocycles. The molecule has 4 saturated heterocycles. The molecule has 0 saturated carbocycles. The molecule has 5 heterocycles. The number of nitrogens with one attached hydrogen (secondary N) is 1. The Morgan fingerprint density at radius 3 is 2.63 bits per heavy atom. The van der Waals surface area contributed by atoms with Gasteiger partial charge in [0.25, 0.3) is 5.91 Å². The fourth-order valence-electron chi connectivity index (χ4n) is 4.98. The number of rotatable bonds is 5. The molecule has 6 nitrogen and oxygen atoms in total. The van der Waals surface area contributed by atoms with Crippen LogP contribution in [-0.2, 0) is 4.74 Å². The maximum Gasteiger partial charge on any atom is 0.261 e. The van der Waals surface area contributed by atoms with Crippen molar-refractivity contribution in [3.8, 4) is 10.8 Å². The van der Waals surface area contributed by atoms with Crippen molar-refractivity contribution >= 4 is 22.9 Å². The largest absolute Gasteiger partial charge is 0.444 e. The average Bonchev–Trinajstić information content (AvgIpc) is 3.26. The van der Waals surface area contributed by atoms with Gasteiger partial charge in [0.05, 0.1) is 23.8 Å². The predicted octanol–water partition coefficient (Wildman–Crippen LogP) is 3.59. The van der Waals surface area contributed by atoms with Gasteiger partial charge in [-0.15, -0.1) is 0 Å². The van der Waals surface area contributed by atoms with E-state index in [1.54, 1.807) is 0 Å². The third kappa shape index (κ3) is 3.94. The molecule has 1 amide bonds. The minimum atomic E-state index is 0.0157. The number of piperidine rings is 3. The second-order valence-corrected chi connectivity index (χ2v) is 9.45. The molecule has 0 radical (unpaired) electrons. The van der Waals surface area contributed by atoms with Gasteiger partial charge in [0.1, 0.15) is 0 Å². The predicted molar refractivity (Wildman–Crippen MR) is 119 cm³/mol. The van der Waals surface area contributed by atoms with Crippen LogP contribution in [0.3, 0.4) is 0 Å². The second kappa shape index (κ2) is 8.57. The van der Waals surface area contributed by atoms with Crippen molar-refractivity contribution in [2.24, 2.45) is 5.92 Å². The standard InChI is InChI=1S/C23H29N3O3S/c1-16-22(17-8-10-25(16)11-9-17)24-23(27)20-6-7-21(30-20)29-19-5-3-2-4-18(19)26-12-14-28-15-13-26/h2-7,16-17,22H,8-15H2,1H3,(H,24,27)/t16-,22-/m0/s1. The van der Waals surface area contributed by atoms with Gasteiger partial charge in [-0.1, -0.05) is 23.5 Å². The molecule has 2 bridgehead atoms. The summed E-state index contributed by atoms with van der Waals surface area (Å²) in [5.41, 5.74) is 1.07. The molecule has 4 fully saturated rings. The molecule has 7 heteroatoms. The fraction of sp³-hybridized carbons (Fsp3) is 0.522. The summed E-state index contributed by atoms with van der Waals surface area (Å²) in [5, 5.41) is 4.05. The molecule has 160 valence electrons. The zero-order chi connectivity index (χ0) is 20.5. The van der Waals surface area contributed by atoms with E-state index in [0.29, 0.717) is 16.8 Å². The van der Waals surface area contributed by atoms with Gasteiger partial charge in [-0.3, -0.25) is 9.69 Å². The van der Waals surface area contributed by atoms with Crippen LogP contribution in [0, 0.1) is 5.92 Å². The lowest BCUT2D eigenvalue weighted by Gasteiger charge is -2.49. The summed E-state index contributed by atoms with van der Waals surface area (Å²) >= 11 is 1.41. The van der Waals surface area contributed by atoms with Crippen LogP contribution in [0.1, 0.15) is 29.4 Å². The van der Waals surface area contributed by atoms with Crippen LogP contribution in [0.5, 0.6) is 10.8 Å². The molecule has 0 spiro atoms. The maximum atomic E-state index is 12.9. The highest BCUT2D eigenvalue weighted by atomic mass is 32.1. The van der Waals surface area contributed by atoms with Gasteiger partial charge in [0, 0.05) is 25.2 Å². The minimum Gasteiger partial charge on any atom is -0.444 e. The summed E-state index contributed by atoms with van der Waals surface area (Å²) in [6, 6.07) is 12.5. The van der Waals surface area contributed by atoms with Gasteiger partial charge >= 0.3 is 0 Å². The van der Waals surface area contributed by atoms with Crippen LogP contribution in [0.15, 0.2) is 36.4 Å². The lowest BCUT2D eigenvalue weighted by Crippen LogP contribution is -2.62. The molecular formula is C23H29N3O3S. The summed E-state index contributed by atoms with van der Waals surface area (Å²) < 4.78 is 11.7. The van der Waals surface area contributed by atoms with E-state index in [2.05, 4.69) is 28.1 Å². The Balaban J connectivity index is 1.27. The molecule has 4 aliphatic heterocycles. The first kappa shape index (κ1) is 19.8. The first-order valence-electron chi connectivity index (χ1n) is 10.9. The van der Waals surface area contributed by atoms with Crippen molar-refractivity contribution in [1.82, 2.24) is 10.2 Å². The average molecular weight is 428 g/mol. The van der Waals surface area contributed by atoms with Gasteiger partial charge < -0.3 is 19.7 Å². The van der Waals surface area contributed by atoms with Crippen LogP contribution in [-0.4, -0.2) is 62.3 Å². The SMILES string of the molecule is C[C@H]1[C@H](NC(=O)c2ccc(Oc3ccccc3N3CCOCC3)s2)C2CCN1CC2. The highest BCUT2D eigenvalue weighted by molar-refractivity contribution is 7.15. The van der Waals surface area contributed by atoms with E-state index in [0.717, 1.165) is 55.9 Å². The molecule has 2 atom stereocenters. The van der Waals surface area contributed by atoms with E-state index >= 15 is 0 Å². The zero-order valence-electron chi connectivity index (χ0n) is 17.4. The molecular weight excluding hydrogens is 398 g/mol. The van der Waals surface area contributed by atoms with Gasteiger partial charge in [-0.05, 0) is 63.0 Å². The van der Waals surface area contributed by atoms with Gasteiger partial charge in [0.2, 0.25) is 0 Å². The third-order valence-corrected chi connectivity index (χ3v) is 7.67. The van der Waals surface area contributed by atoms with Crippen molar-refractivity contribution in [2.45, 2.75) is 31.8 Å². The number of hydrogen-bond acceptors (Lipinski definition) is 6. The highest BCUT2D eigenvalue weighted by Crippen LogP contribution is 2.36. The third-order valence-electron chi connectivity index (χ3n) is 6.71. The van der Waals surface area contributed by atoms with Crippen LogP contribution >= 0.6 is 11.3 Å². The number of fused-ring (bicyclic) bond motifs is 3. The number of anilines is 1. The van der Waals surface area contributed by atoms with Crippen molar-refractivity contribution in [3.05, 3.63) is 41.3 Å². The van der Waals surface area contributed by atoms with Crippen molar-refractivity contribution < 1.29 is 14.3 Å². The number of amides is 1. The topological polar surface area (TPSA) is 54.0 Å². The Morgan fingerprint density at radius 2 is 1.87 bits per heavy atom. The fourth-order valence-corrected chi connectivity index (χ4v) is 5.75. The van der Waals surface area contributed by atoms with E-state index in [1.807, 2.05) is 30.3 Å². The first-order valence-corrected chi connectivity index (χ1v) is 11.7. The highest BCUT2D eigenvalue weighted by Gasteiger charge is 2.40. The second-order valence-electron chi connectivity index (χ2n) is 8.40. The lowest BCUT2D eigenvalue weighted by molar-refractivity contribution is 0.0218. The normalized spacial score (nSPS) is 28.4. The molecule has 1 aromatic heterocycles. The quantitative estimate of drug-likeness (QED) is 0.790. The molecule has 4 aliphatic rings. The number of nitrogens with zero attached hydrogens (tertiary/aromatic N) is 2. The monoisotopic (exact) mass is 427 g/mol. The van der Waals surface area contributed by atoms with E-state index in [4.69, 9.17) is 9.47 Å². The molecule has 2 aromatic rings. The van der Waals surface area contributed by atoms with Crippen LogP contribution in [0.4, 0.5) is 5.69 Å². The molecule has 1 N–H and O–H groups in total. The van der Waals surface area contributed by atoms with Crippen molar-refractivity contribution in [1.29, 1.82) is 0 Å². The number of benzene rings is 1. The van der Waals surface area contributed by atoms with Crippen molar-refractivity contribution in [2.75, 3.05) is 44.3 Å². The van der Waals surface area contributed by atoms with E-state index in [-0.39, 0.29) is 11.9 Å². The maximum absolute atomic E-state index is 12.9. The summed E-state index contributed by atoms with van der Waals surface area (Å²) in [7, 11) is 0. The Morgan fingerprint density at radius 1 is 1.10 bits per heavy atom. The van der Waals surface area contributed by atoms with Gasteiger partial charge in [-0.25, -0.2) is 0 Å². The Labute approximate surface area is 181 Å².